The van der Waals surface area contributed by atoms with Crippen LogP contribution in [0.4, 0.5) is 0 Å². The van der Waals surface area contributed by atoms with Gasteiger partial charge in [-0.1, -0.05) is 13.3 Å². The van der Waals surface area contributed by atoms with E-state index in [1.165, 1.54) is 19.3 Å². The normalized spacial score (nSPS) is 31.0. The van der Waals surface area contributed by atoms with Crippen molar-refractivity contribution in [2.45, 2.75) is 63.5 Å². The van der Waals surface area contributed by atoms with Gasteiger partial charge in [0.2, 0.25) is 5.91 Å². The average molecular weight is 267 g/mol. The summed E-state index contributed by atoms with van der Waals surface area (Å²) < 4.78 is 0. The molecule has 4 heteroatoms. The number of hydrogen-bond donors (Lipinski definition) is 2. The van der Waals surface area contributed by atoms with Gasteiger partial charge >= 0.3 is 0 Å². The van der Waals surface area contributed by atoms with E-state index in [0.717, 1.165) is 38.8 Å². The van der Waals surface area contributed by atoms with E-state index in [1.807, 2.05) is 0 Å². The van der Waals surface area contributed by atoms with E-state index in [2.05, 4.69) is 24.2 Å². The molecule has 0 aromatic rings. The van der Waals surface area contributed by atoms with Gasteiger partial charge < -0.3 is 16.0 Å². The molecule has 1 amide bonds. The lowest BCUT2D eigenvalue weighted by molar-refractivity contribution is -0.126. The van der Waals surface area contributed by atoms with Crippen molar-refractivity contribution in [3.8, 4) is 0 Å². The Bertz CT molecular complexity index is 317. The van der Waals surface area contributed by atoms with Crippen LogP contribution in [0.5, 0.6) is 0 Å². The summed E-state index contributed by atoms with van der Waals surface area (Å²) in [6.45, 7) is 4.40. The highest BCUT2D eigenvalue weighted by molar-refractivity contribution is 5.85. The molecule has 2 unspecified atom stereocenters. The first-order chi connectivity index (χ1) is 9.08. The van der Waals surface area contributed by atoms with Crippen molar-refractivity contribution in [2.24, 2.45) is 11.7 Å². The van der Waals surface area contributed by atoms with E-state index in [4.69, 9.17) is 5.73 Å². The highest BCUT2D eigenvalue weighted by Crippen LogP contribution is 2.40. The lowest BCUT2D eigenvalue weighted by Gasteiger charge is -2.34. The number of amides is 1. The predicted molar refractivity (Wildman–Crippen MR) is 77.8 cm³/mol. The Morgan fingerprint density at radius 2 is 2.11 bits per heavy atom. The summed E-state index contributed by atoms with van der Waals surface area (Å²) >= 11 is 0. The van der Waals surface area contributed by atoms with E-state index in [-0.39, 0.29) is 5.91 Å². The number of nitrogens with two attached hydrogens (primary N) is 1. The Kier molecular flexibility index (Phi) is 4.85. The monoisotopic (exact) mass is 267 g/mol. The molecule has 2 aliphatic rings. The minimum Gasteiger partial charge on any atom is -0.368 e. The van der Waals surface area contributed by atoms with Gasteiger partial charge in [-0.05, 0) is 64.6 Å². The highest BCUT2D eigenvalue weighted by atomic mass is 16.1. The summed E-state index contributed by atoms with van der Waals surface area (Å²) in [6.07, 6.45) is 7.88. The first kappa shape index (κ1) is 14.8. The molecule has 0 bridgehead atoms. The van der Waals surface area contributed by atoms with Crippen molar-refractivity contribution in [2.75, 3.05) is 20.1 Å². The van der Waals surface area contributed by atoms with Crippen LogP contribution in [0.15, 0.2) is 0 Å². The van der Waals surface area contributed by atoms with Gasteiger partial charge in [-0.3, -0.25) is 4.79 Å². The van der Waals surface area contributed by atoms with Crippen molar-refractivity contribution in [3.63, 3.8) is 0 Å². The third-order valence-electron chi connectivity index (χ3n) is 4.76. The molecule has 2 fully saturated rings. The molecule has 0 heterocycles. The zero-order valence-electron chi connectivity index (χ0n) is 12.5. The Balaban J connectivity index is 1.94. The molecular formula is C15H29N3O. The van der Waals surface area contributed by atoms with Crippen molar-refractivity contribution >= 4 is 5.91 Å². The molecule has 19 heavy (non-hydrogen) atoms. The van der Waals surface area contributed by atoms with Gasteiger partial charge in [0, 0.05) is 6.04 Å². The molecule has 0 aromatic heterocycles. The Morgan fingerprint density at radius 1 is 1.37 bits per heavy atom. The minimum atomic E-state index is -0.409. The SMILES string of the molecule is CCCN(C)CCC1CCCC1(NC1CC1)C(N)=O. The van der Waals surface area contributed by atoms with Crippen LogP contribution in [0.2, 0.25) is 0 Å². The highest BCUT2D eigenvalue weighted by Gasteiger charge is 2.49. The maximum Gasteiger partial charge on any atom is 0.238 e. The topological polar surface area (TPSA) is 58.4 Å². The fourth-order valence-corrected chi connectivity index (χ4v) is 3.52. The van der Waals surface area contributed by atoms with Crippen LogP contribution in [0.25, 0.3) is 0 Å². The van der Waals surface area contributed by atoms with Crippen LogP contribution < -0.4 is 11.1 Å². The molecule has 0 saturated heterocycles. The molecule has 110 valence electrons. The summed E-state index contributed by atoms with van der Waals surface area (Å²) in [7, 11) is 2.17. The third-order valence-corrected chi connectivity index (χ3v) is 4.76. The van der Waals surface area contributed by atoms with Crippen molar-refractivity contribution in [3.05, 3.63) is 0 Å². The number of rotatable bonds is 8. The lowest BCUT2D eigenvalue weighted by Crippen LogP contribution is -2.59. The number of nitrogens with one attached hydrogen (secondary N) is 1. The number of hydrogen-bond acceptors (Lipinski definition) is 3. The first-order valence-electron chi connectivity index (χ1n) is 7.84. The summed E-state index contributed by atoms with van der Waals surface area (Å²) in [4.78, 5) is 14.4. The Labute approximate surface area is 117 Å². The minimum absolute atomic E-state index is 0.125. The third kappa shape index (κ3) is 3.48. The second kappa shape index (κ2) is 6.23. The average Bonchev–Trinajstić information content (AvgIpc) is 3.06. The van der Waals surface area contributed by atoms with Crippen LogP contribution in [-0.4, -0.2) is 42.5 Å². The summed E-state index contributed by atoms with van der Waals surface area (Å²) in [6, 6.07) is 0.543. The zero-order valence-corrected chi connectivity index (χ0v) is 12.5. The molecule has 2 atom stereocenters. The molecular weight excluding hydrogens is 238 g/mol. The van der Waals surface area contributed by atoms with E-state index >= 15 is 0 Å². The largest absolute Gasteiger partial charge is 0.368 e. The second-order valence-corrected chi connectivity index (χ2v) is 6.44. The number of carbonyl (C=O) groups is 1. The number of primary amides is 1. The summed E-state index contributed by atoms with van der Waals surface area (Å²) in [5.74, 6) is 0.296. The molecule has 0 aliphatic heterocycles. The fourth-order valence-electron chi connectivity index (χ4n) is 3.52. The first-order valence-corrected chi connectivity index (χ1v) is 7.84. The van der Waals surface area contributed by atoms with Gasteiger partial charge in [0.1, 0.15) is 5.54 Å². The molecule has 0 radical (unpaired) electrons. The van der Waals surface area contributed by atoms with Gasteiger partial charge in [-0.15, -0.1) is 0 Å². The predicted octanol–water partition coefficient (Wildman–Crippen LogP) is 1.49. The Hall–Kier alpha value is -0.610. The molecule has 3 N–H and O–H groups in total. The van der Waals surface area contributed by atoms with Crippen LogP contribution in [0, 0.1) is 5.92 Å². The smallest absolute Gasteiger partial charge is 0.238 e. The molecule has 0 aromatic carbocycles. The van der Waals surface area contributed by atoms with Gasteiger partial charge in [-0.2, -0.15) is 0 Å². The van der Waals surface area contributed by atoms with Crippen molar-refractivity contribution in [1.82, 2.24) is 10.2 Å². The molecule has 2 rings (SSSR count). The van der Waals surface area contributed by atoms with E-state index in [9.17, 15) is 4.79 Å². The van der Waals surface area contributed by atoms with Gasteiger partial charge in [0.25, 0.3) is 0 Å². The van der Waals surface area contributed by atoms with E-state index < -0.39 is 5.54 Å². The Morgan fingerprint density at radius 3 is 2.68 bits per heavy atom. The van der Waals surface area contributed by atoms with Crippen LogP contribution in [0.1, 0.15) is 51.9 Å². The fraction of sp³-hybridized carbons (Fsp3) is 0.933. The van der Waals surface area contributed by atoms with E-state index in [0.29, 0.717) is 12.0 Å². The maximum absolute atomic E-state index is 12.0. The van der Waals surface area contributed by atoms with Gasteiger partial charge in [0.15, 0.2) is 0 Å². The maximum atomic E-state index is 12.0. The van der Waals surface area contributed by atoms with Crippen LogP contribution in [0.3, 0.4) is 0 Å². The lowest BCUT2D eigenvalue weighted by atomic mass is 9.83. The summed E-state index contributed by atoms with van der Waals surface area (Å²) in [5, 5.41) is 3.58. The molecule has 4 nitrogen and oxygen atoms in total. The zero-order chi connectivity index (χ0) is 13.9. The van der Waals surface area contributed by atoms with Crippen molar-refractivity contribution < 1.29 is 4.79 Å². The second-order valence-electron chi connectivity index (χ2n) is 6.44. The van der Waals surface area contributed by atoms with Crippen LogP contribution >= 0.6 is 0 Å². The number of nitrogens with zero attached hydrogens (tertiary/aromatic N) is 1. The van der Waals surface area contributed by atoms with Crippen LogP contribution in [-0.2, 0) is 4.79 Å². The number of carbonyl (C=O) groups excluding carboxylic acids is 1. The van der Waals surface area contributed by atoms with E-state index in [1.54, 1.807) is 0 Å². The molecule has 2 aliphatic carbocycles. The van der Waals surface area contributed by atoms with Gasteiger partial charge in [0.05, 0.1) is 0 Å². The van der Waals surface area contributed by atoms with Crippen molar-refractivity contribution in [1.29, 1.82) is 0 Å². The summed E-state index contributed by atoms with van der Waals surface area (Å²) in [5.41, 5.74) is 5.34. The van der Waals surface area contributed by atoms with Gasteiger partial charge in [-0.25, -0.2) is 0 Å². The molecule has 0 spiro atoms. The molecule has 2 saturated carbocycles. The quantitative estimate of drug-likeness (QED) is 0.700. The standard InChI is InChI=1S/C15H29N3O/c1-3-10-18(2)11-8-12-5-4-9-15(12,14(16)19)17-13-6-7-13/h12-13,17H,3-11H2,1-2H3,(H2,16,19).